The molecule has 0 unspecified atom stereocenters. The van der Waals surface area contributed by atoms with Gasteiger partial charge in [0.2, 0.25) is 0 Å². The zero-order valence-electron chi connectivity index (χ0n) is 11.4. The van der Waals surface area contributed by atoms with Crippen LogP contribution in [-0.2, 0) is 0 Å². The summed E-state index contributed by atoms with van der Waals surface area (Å²) in [7, 11) is 0. The van der Waals surface area contributed by atoms with Crippen molar-refractivity contribution in [2.24, 2.45) is 0 Å². The predicted molar refractivity (Wildman–Crippen MR) is 85.5 cm³/mol. The second-order valence-electron chi connectivity index (χ2n) is 4.97. The van der Waals surface area contributed by atoms with Crippen molar-refractivity contribution in [3.63, 3.8) is 0 Å². The Bertz CT molecular complexity index is 592. The molecule has 0 aliphatic rings. The van der Waals surface area contributed by atoms with E-state index in [1.807, 2.05) is 4.57 Å². The van der Waals surface area contributed by atoms with Crippen molar-refractivity contribution in [3.05, 3.63) is 26.9 Å². The summed E-state index contributed by atoms with van der Waals surface area (Å²) in [5.74, 6) is 0.946. The smallest absolute Gasteiger partial charge is 0.179 e. The average Bonchev–Trinajstić information content (AvgIpc) is 2.81. The van der Waals surface area contributed by atoms with Gasteiger partial charge in [0.15, 0.2) is 5.82 Å². The van der Waals surface area contributed by atoms with Crippen LogP contribution in [0.1, 0.15) is 45.3 Å². The van der Waals surface area contributed by atoms with Crippen LogP contribution in [0.5, 0.6) is 0 Å². The summed E-state index contributed by atoms with van der Waals surface area (Å²) >= 11 is 8.42. The number of imidazole rings is 1. The normalized spacial score (nSPS) is 11.6. The van der Waals surface area contributed by atoms with Crippen molar-refractivity contribution in [1.29, 1.82) is 0 Å². The number of hydrogen-bond acceptors (Lipinski definition) is 3. The highest BCUT2D eigenvalue weighted by molar-refractivity contribution is 14.1. The molecule has 0 N–H and O–H groups in total. The maximum atomic E-state index is 6.22. The fourth-order valence-electron chi connectivity index (χ4n) is 1.82. The molecule has 0 aromatic carbocycles. The minimum Gasteiger partial charge on any atom is -0.325 e. The quantitative estimate of drug-likeness (QED) is 0.579. The molecule has 0 spiro atoms. The van der Waals surface area contributed by atoms with Crippen molar-refractivity contribution >= 4 is 34.2 Å². The first-order chi connectivity index (χ1) is 8.91. The third-order valence-corrected chi connectivity index (χ3v) is 4.49. The predicted octanol–water partition coefficient (Wildman–Crippen LogP) is 4.30. The van der Waals surface area contributed by atoms with E-state index in [-0.39, 0.29) is 0 Å². The molecule has 0 radical (unpaired) electrons. The zero-order chi connectivity index (χ0) is 14.2. The van der Waals surface area contributed by atoms with E-state index in [4.69, 9.17) is 11.6 Å². The molecule has 2 aromatic heterocycles. The summed E-state index contributed by atoms with van der Waals surface area (Å²) in [6.07, 6.45) is 3.58. The highest BCUT2D eigenvalue weighted by atomic mass is 127. The summed E-state index contributed by atoms with van der Waals surface area (Å²) in [4.78, 5) is 13.2. The molecule has 0 atom stereocenters. The van der Waals surface area contributed by atoms with Crippen molar-refractivity contribution in [3.8, 4) is 11.5 Å². The van der Waals surface area contributed by atoms with Gasteiger partial charge in [0.05, 0.1) is 21.8 Å². The van der Waals surface area contributed by atoms with Crippen LogP contribution in [0.4, 0.5) is 0 Å². The molecule has 0 amide bonds. The van der Waals surface area contributed by atoms with E-state index >= 15 is 0 Å². The van der Waals surface area contributed by atoms with Crippen LogP contribution in [0.2, 0.25) is 5.15 Å². The molecule has 0 bridgehead atoms. The van der Waals surface area contributed by atoms with Gasteiger partial charge in [-0.15, -0.1) is 0 Å². The Morgan fingerprint density at radius 3 is 2.47 bits per heavy atom. The maximum Gasteiger partial charge on any atom is 0.179 e. The van der Waals surface area contributed by atoms with Crippen LogP contribution in [-0.4, -0.2) is 19.5 Å². The number of aromatic nitrogens is 4. The van der Waals surface area contributed by atoms with Gasteiger partial charge in [0, 0.05) is 6.04 Å². The number of hydrogen-bond donors (Lipinski definition) is 0. The lowest BCUT2D eigenvalue weighted by molar-refractivity contribution is 0.603. The summed E-state index contributed by atoms with van der Waals surface area (Å²) in [5, 5.41) is 0.505. The lowest BCUT2D eigenvalue weighted by atomic mass is 10.1. The molecule has 0 saturated carbocycles. The Morgan fingerprint density at radius 1 is 1.21 bits per heavy atom. The second-order valence-corrected chi connectivity index (χ2v) is 6.41. The Morgan fingerprint density at radius 2 is 1.89 bits per heavy atom. The van der Waals surface area contributed by atoms with E-state index in [1.165, 1.54) is 0 Å². The van der Waals surface area contributed by atoms with Gasteiger partial charge in [-0.2, -0.15) is 0 Å². The van der Waals surface area contributed by atoms with Gasteiger partial charge in [-0.1, -0.05) is 25.4 Å². The first kappa shape index (κ1) is 14.7. The first-order valence-electron chi connectivity index (χ1n) is 6.17. The first-order valence-corrected chi connectivity index (χ1v) is 7.62. The Labute approximate surface area is 131 Å². The van der Waals surface area contributed by atoms with E-state index in [1.54, 1.807) is 12.5 Å². The lowest BCUT2D eigenvalue weighted by Crippen LogP contribution is -2.07. The average molecular weight is 391 g/mol. The fraction of sp³-hybridized carbons (Fsp3) is 0.462. The number of nitrogens with zero attached hydrogens (tertiary/aromatic N) is 4. The fourth-order valence-corrected chi connectivity index (χ4v) is 2.86. The molecular weight excluding hydrogens is 375 g/mol. The summed E-state index contributed by atoms with van der Waals surface area (Å²) in [6.45, 7) is 8.40. The molecule has 0 saturated heterocycles. The number of rotatable bonds is 3. The minimum absolute atomic E-state index is 0.307. The number of halogens is 2. The standard InChI is InChI=1S/C13H16ClIN4/c1-7(2)11-10(15)12(14)18-13(17-11)9-5-16-6-19(9)8(3)4/h5-8H,1-4H3. The monoisotopic (exact) mass is 390 g/mol. The Kier molecular flexibility index (Phi) is 4.45. The van der Waals surface area contributed by atoms with Crippen LogP contribution in [0.25, 0.3) is 11.5 Å². The SMILES string of the molecule is CC(C)c1nc(-c2cncn2C(C)C)nc(Cl)c1I. The molecule has 4 nitrogen and oxygen atoms in total. The van der Waals surface area contributed by atoms with Gasteiger partial charge in [-0.25, -0.2) is 15.0 Å². The second kappa shape index (κ2) is 5.75. The van der Waals surface area contributed by atoms with Crippen LogP contribution in [0.3, 0.4) is 0 Å². The van der Waals surface area contributed by atoms with Crippen LogP contribution in [0.15, 0.2) is 12.5 Å². The van der Waals surface area contributed by atoms with E-state index in [9.17, 15) is 0 Å². The highest BCUT2D eigenvalue weighted by Gasteiger charge is 2.17. The summed E-state index contributed by atoms with van der Waals surface area (Å²) in [5.41, 5.74) is 1.88. The largest absolute Gasteiger partial charge is 0.325 e. The lowest BCUT2D eigenvalue weighted by Gasteiger charge is -2.14. The van der Waals surface area contributed by atoms with Crippen LogP contribution < -0.4 is 0 Å². The highest BCUT2D eigenvalue weighted by Crippen LogP contribution is 2.28. The van der Waals surface area contributed by atoms with E-state index in [0.717, 1.165) is 15.0 Å². The van der Waals surface area contributed by atoms with Gasteiger partial charge in [-0.3, -0.25) is 0 Å². The molecule has 6 heteroatoms. The summed E-state index contributed by atoms with van der Waals surface area (Å²) < 4.78 is 2.97. The Balaban J connectivity index is 2.60. The third-order valence-electron chi connectivity index (χ3n) is 2.83. The van der Waals surface area contributed by atoms with E-state index < -0.39 is 0 Å². The van der Waals surface area contributed by atoms with Gasteiger partial charge < -0.3 is 4.57 Å². The molecule has 2 aromatic rings. The molecule has 2 rings (SSSR count). The van der Waals surface area contributed by atoms with Gasteiger partial charge in [0.25, 0.3) is 0 Å². The van der Waals surface area contributed by atoms with Crippen molar-refractivity contribution in [1.82, 2.24) is 19.5 Å². The van der Waals surface area contributed by atoms with E-state index in [0.29, 0.717) is 22.9 Å². The topological polar surface area (TPSA) is 43.6 Å². The van der Waals surface area contributed by atoms with Gasteiger partial charge in [-0.05, 0) is 42.4 Å². The maximum absolute atomic E-state index is 6.22. The van der Waals surface area contributed by atoms with Crippen LogP contribution >= 0.6 is 34.2 Å². The van der Waals surface area contributed by atoms with Crippen molar-refractivity contribution in [2.45, 2.75) is 39.7 Å². The van der Waals surface area contributed by atoms with Crippen molar-refractivity contribution in [2.75, 3.05) is 0 Å². The Hall–Kier alpha value is -0.690. The summed E-state index contributed by atoms with van der Waals surface area (Å²) in [6, 6.07) is 0.307. The molecular formula is C13H16ClIN4. The minimum atomic E-state index is 0.307. The molecule has 0 aliphatic carbocycles. The molecule has 102 valence electrons. The van der Waals surface area contributed by atoms with Gasteiger partial charge in [0.1, 0.15) is 10.8 Å². The zero-order valence-corrected chi connectivity index (χ0v) is 14.3. The molecule has 2 heterocycles. The van der Waals surface area contributed by atoms with Crippen molar-refractivity contribution < 1.29 is 0 Å². The van der Waals surface area contributed by atoms with Crippen LogP contribution in [0, 0.1) is 3.57 Å². The third kappa shape index (κ3) is 2.91. The van der Waals surface area contributed by atoms with Gasteiger partial charge >= 0.3 is 0 Å². The molecule has 19 heavy (non-hydrogen) atoms. The van der Waals surface area contributed by atoms with E-state index in [2.05, 4.69) is 65.2 Å². The molecule has 0 aliphatic heterocycles. The molecule has 0 fully saturated rings.